The van der Waals surface area contributed by atoms with E-state index in [1.165, 1.54) is 11.0 Å². The summed E-state index contributed by atoms with van der Waals surface area (Å²) in [7, 11) is 0. The standard InChI is InChI=1S/C25H29N5O5/c1-16-5-6-18-19(30(16)25(34)35)7-8-20-24(18)26-21(10-13-27-11-3-2-4-22(27)32)29(20)15-23(33)28-12-9-17(31)14-28/h2-4,7-8,11,16-17,31H,5-6,9-10,12-15H2,1H3,(H,34,35)/t16-,17-/m0/s1. The number of imidazole rings is 1. The van der Waals surface area contributed by atoms with E-state index < -0.39 is 12.2 Å². The lowest BCUT2D eigenvalue weighted by Crippen LogP contribution is -2.41. The Kier molecular flexibility index (Phi) is 6.06. The Bertz CT molecular complexity index is 1350. The summed E-state index contributed by atoms with van der Waals surface area (Å²) in [5.41, 5.74) is 2.86. The number of aromatic nitrogens is 3. The van der Waals surface area contributed by atoms with Gasteiger partial charge in [0.2, 0.25) is 5.91 Å². The third-order valence-corrected chi connectivity index (χ3v) is 7.08. The first-order chi connectivity index (χ1) is 16.8. The Morgan fingerprint density at radius 2 is 2.00 bits per heavy atom. The van der Waals surface area contributed by atoms with Gasteiger partial charge in [0, 0.05) is 49.9 Å². The largest absolute Gasteiger partial charge is 0.465 e. The third-order valence-electron chi connectivity index (χ3n) is 7.08. The van der Waals surface area contributed by atoms with E-state index in [0.717, 1.165) is 11.1 Å². The summed E-state index contributed by atoms with van der Waals surface area (Å²) in [4.78, 5) is 45.2. The molecule has 10 nitrogen and oxygen atoms in total. The number of fused-ring (bicyclic) bond motifs is 3. The zero-order valence-corrected chi connectivity index (χ0v) is 19.6. The van der Waals surface area contributed by atoms with Crippen LogP contribution in [0.4, 0.5) is 10.5 Å². The van der Waals surface area contributed by atoms with Crippen molar-refractivity contribution >= 4 is 28.7 Å². The molecule has 2 N–H and O–H groups in total. The molecule has 2 amide bonds. The first-order valence-corrected chi connectivity index (χ1v) is 12.0. The fraction of sp³-hybridized carbons (Fsp3) is 0.440. The average molecular weight is 480 g/mol. The lowest BCUT2D eigenvalue weighted by atomic mass is 9.96. The molecule has 0 aliphatic carbocycles. The summed E-state index contributed by atoms with van der Waals surface area (Å²) in [6.07, 6.45) is 2.60. The van der Waals surface area contributed by atoms with Crippen LogP contribution in [0.3, 0.4) is 0 Å². The van der Waals surface area contributed by atoms with Gasteiger partial charge < -0.3 is 24.2 Å². The number of β-amino-alcohol motifs (C(OH)–C–C–N with tert-alkyl or cyclic N) is 1. The van der Waals surface area contributed by atoms with Crippen molar-refractivity contribution in [1.82, 2.24) is 19.0 Å². The molecule has 2 atom stereocenters. The second-order valence-electron chi connectivity index (χ2n) is 9.35. The van der Waals surface area contributed by atoms with Crippen LogP contribution in [0.1, 0.15) is 31.2 Å². The number of aliphatic hydroxyl groups excluding tert-OH is 1. The minimum Gasteiger partial charge on any atom is -0.465 e. The maximum absolute atomic E-state index is 13.1. The molecule has 2 aliphatic rings. The van der Waals surface area contributed by atoms with E-state index in [4.69, 9.17) is 4.98 Å². The van der Waals surface area contributed by atoms with Gasteiger partial charge in [-0.05, 0) is 44.4 Å². The Morgan fingerprint density at radius 1 is 1.17 bits per heavy atom. The molecule has 3 aromatic rings. The van der Waals surface area contributed by atoms with Crippen LogP contribution in [0.15, 0.2) is 41.3 Å². The maximum Gasteiger partial charge on any atom is 0.412 e. The molecule has 5 rings (SSSR count). The number of hydrogen-bond donors (Lipinski definition) is 2. The third kappa shape index (κ3) is 4.29. The van der Waals surface area contributed by atoms with Crippen molar-refractivity contribution < 1.29 is 19.8 Å². The topological polar surface area (TPSA) is 121 Å². The van der Waals surface area contributed by atoms with Crippen LogP contribution in [-0.2, 0) is 30.7 Å². The lowest BCUT2D eigenvalue weighted by molar-refractivity contribution is -0.131. The number of rotatable bonds is 5. The van der Waals surface area contributed by atoms with Gasteiger partial charge in [-0.2, -0.15) is 0 Å². The normalized spacial score (nSPS) is 19.8. The zero-order valence-electron chi connectivity index (χ0n) is 19.6. The quantitative estimate of drug-likeness (QED) is 0.576. The Labute approximate surface area is 202 Å². The molecule has 184 valence electrons. The number of hydrogen-bond acceptors (Lipinski definition) is 5. The van der Waals surface area contributed by atoms with E-state index in [1.807, 2.05) is 17.6 Å². The highest BCUT2D eigenvalue weighted by atomic mass is 16.4. The van der Waals surface area contributed by atoms with E-state index in [1.54, 1.807) is 33.9 Å². The second-order valence-corrected chi connectivity index (χ2v) is 9.35. The fourth-order valence-electron chi connectivity index (χ4n) is 5.20. The lowest BCUT2D eigenvalue weighted by Gasteiger charge is -2.33. The van der Waals surface area contributed by atoms with Crippen molar-refractivity contribution in [1.29, 1.82) is 0 Å². The molecule has 10 heteroatoms. The van der Waals surface area contributed by atoms with Gasteiger partial charge in [0.15, 0.2) is 0 Å². The number of benzene rings is 1. The summed E-state index contributed by atoms with van der Waals surface area (Å²) in [6.45, 7) is 3.20. The molecule has 0 bridgehead atoms. The molecular weight excluding hydrogens is 450 g/mol. The summed E-state index contributed by atoms with van der Waals surface area (Å²) < 4.78 is 3.48. The SMILES string of the molecule is C[C@H]1CCc2c(ccc3c2nc(CCn2ccccc2=O)n3CC(=O)N2CC[C@H](O)C2)N1C(=O)O. The average Bonchev–Trinajstić information content (AvgIpc) is 3.41. The highest BCUT2D eigenvalue weighted by molar-refractivity contribution is 5.95. The van der Waals surface area contributed by atoms with Gasteiger partial charge in [0.25, 0.3) is 5.56 Å². The van der Waals surface area contributed by atoms with E-state index in [-0.39, 0.29) is 24.1 Å². The first-order valence-electron chi connectivity index (χ1n) is 12.0. The fourth-order valence-corrected chi connectivity index (χ4v) is 5.20. The number of nitrogens with zero attached hydrogens (tertiary/aromatic N) is 5. The number of aliphatic hydroxyl groups is 1. The Balaban J connectivity index is 1.55. The number of carbonyl (C=O) groups is 2. The predicted molar refractivity (Wildman–Crippen MR) is 130 cm³/mol. The first kappa shape index (κ1) is 23.1. The molecule has 1 fully saturated rings. The molecule has 2 aromatic heterocycles. The zero-order chi connectivity index (χ0) is 24.7. The van der Waals surface area contributed by atoms with Crippen molar-refractivity contribution in [3.05, 3.63) is 58.3 Å². The Hall–Kier alpha value is -3.66. The predicted octanol–water partition coefficient (Wildman–Crippen LogP) is 1.85. The Morgan fingerprint density at radius 3 is 2.71 bits per heavy atom. The number of carboxylic acid groups (broad SMARTS) is 1. The number of carbonyl (C=O) groups excluding carboxylic acids is 1. The second kappa shape index (κ2) is 9.18. The van der Waals surface area contributed by atoms with Crippen LogP contribution in [0.5, 0.6) is 0 Å². The number of amides is 2. The summed E-state index contributed by atoms with van der Waals surface area (Å²) >= 11 is 0. The van der Waals surface area contributed by atoms with Crippen molar-refractivity contribution in [2.24, 2.45) is 0 Å². The maximum atomic E-state index is 13.1. The molecular formula is C25H29N5O5. The van der Waals surface area contributed by atoms with Gasteiger partial charge in [-0.3, -0.25) is 14.5 Å². The highest BCUT2D eigenvalue weighted by Crippen LogP contribution is 2.36. The number of pyridine rings is 1. The number of likely N-dealkylation sites (tertiary alicyclic amines) is 1. The van der Waals surface area contributed by atoms with Gasteiger partial charge in [-0.1, -0.05) is 6.07 Å². The number of anilines is 1. The van der Waals surface area contributed by atoms with Crippen LogP contribution in [0.2, 0.25) is 0 Å². The van der Waals surface area contributed by atoms with Gasteiger partial charge in [0.05, 0.1) is 22.8 Å². The molecule has 2 aliphatic heterocycles. The minimum atomic E-state index is -0.997. The van der Waals surface area contributed by atoms with Crippen LogP contribution < -0.4 is 10.5 Å². The molecule has 1 saturated heterocycles. The minimum absolute atomic E-state index is 0.0695. The molecule has 4 heterocycles. The van der Waals surface area contributed by atoms with E-state index in [9.17, 15) is 24.6 Å². The van der Waals surface area contributed by atoms with Gasteiger partial charge >= 0.3 is 6.09 Å². The molecule has 0 spiro atoms. The highest BCUT2D eigenvalue weighted by Gasteiger charge is 2.31. The molecule has 1 aromatic carbocycles. The van der Waals surface area contributed by atoms with E-state index >= 15 is 0 Å². The molecule has 0 unspecified atom stereocenters. The van der Waals surface area contributed by atoms with Crippen molar-refractivity contribution in [3.63, 3.8) is 0 Å². The summed E-state index contributed by atoms with van der Waals surface area (Å²) in [5, 5.41) is 19.6. The van der Waals surface area contributed by atoms with E-state index in [2.05, 4.69) is 0 Å². The van der Waals surface area contributed by atoms with Crippen LogP contribution in [0, 0.1) is 0 Å². The van der Waals surface area contributed by atoms with Gasteiger partial charge in [-0.25, -0.2) is 9.78 Å². The van der Waals surface area contributed by atoms with Crippen molar-refractivity contribution in [2.45, 2.75) is 57.8 Å². The molecule has 0 saturated carbocycles. The van der Waals surface area contributed by atoms with Crippen LogP contribution in [-0.4, -0.2) is 66.5 Å². The van der Waals surface area contributed by atoms with Gasteiger partial charge in [0.1, 0.15) is 12.4 Å². The number of aryl methyl sites for hydroxylation is 3. The summed E-state index contributed by atoms with van der Waals surface area (Å²) in [5.74, 6) is 0.565. The van der Waals surface area contributed by atoms with Crippen LogP contribution >= 0.6 is 0 Å². The molecule has 35 heavy (non-hydrogen) atoms. The van der Waals surface area contributed by atoms with Crippen molar-refractivity contribution in [2.75, 3.05) is 18.0 Å². The van der Waals surface area contributed by atoms with Crippen LogP contribution in [0.25, 0.3) is 11.0 Å². The summed E-state index contributed by atoms with van der Waals surface area (Å²) in [6, 6.07) is 8.49. The monoisotopic (exact) mass is 479 g/mol. The smallest absolute Gasteiger partial charge is 0.412 e. The van der Waals surface area contributed by atoms with Crippen molar-refractivity contribution in [3.8, 4) is 0 Å². The van der Waals surface area contributed by atoms with Gasteiger partial charge in [-0.15, -0.1) is 0 Å². The molecule has 0 radical (unpaired) electrons. The van der Waals surface area contributed by atoms with E-state index in [0.29, 0.717) is 62.3 Å².